The lowest BCUT2D eigenvalue weighted by Gasteiger charge is -2.08. The Hall–Kier alpha value is -3.10. The molecule has 25 heavy (non-hydrogen) atoms. The number of aromatic nitrogens is 4. The standard InChI is InChI=1S/C16H14F3N5O/c1-9-10(2)24(8-20-9)12-5-3-11(4-6-12)21-15(25)13-7-14(23-22-13)16(17,18)19/h3-8H,1-2H3,(H,21,25)(H,22,23). The number of hydrogen-bond acceptors (Lipinski definition) is 3. The average Bonchev–Trinajstić information content (AvgIpc) is 3.17. The van der Waals surface area contributed by atoms with Gasteiger partial charge in [0, 0.05) is 23.1 Å². The van der Waals surface area contributed by atoms with E-state index in [-0.39, 0.29) is 5.69 Å². The van der Waals surface area contributed by atoms with Crippen LogP contribution in [0.2, 0.25) is 0 Å². The van der Waals surface area contributed by atoms with Gasteiger partial charge >= 0.3 is 6.18 Å². The van der Waals surface area contributed by atoms with E-state index < -0.39 is 17.8 Å². The number of rotatable bonds is 3. The summed E-state index contributed by atoms with van der Waals surface area (Å²) in [7, 11) is 0. The summed E-state index contributed by atoms with van der Waals surface area (Å²) in [4.78, 5) is 16.2. The zero-order chi connectivity index (χ0) is 18.2. The summed E-state index contributed by atoms with van der Waals surface area (Å²) in [5, 5.41) is 7.70. The Morgan fingerprint density at radius 1 is 1.20 bits per heavy atom. The average molecular weight is 349 g/mol. The van der Waals surface area contributed by atoms with E-state index in [0.717, 1.165) is 17.1 Å². The molecule has 6 nitrogen and oxygen atoms in total. The minimum atomic E-state index is -4.58. The first-order valence-electron chi connectivity index (χ1n) is 7.30. The van der Waals surface area contributed by atoms with Gasteiger partial charge in [-0.05, 0) is 38.1 Å². The predicted octanol–water partition coefficient (Wildman–Crippen LogP) is 3.48. The maximum absolute atomic E-state index is 12.5. The van der Waals surface area contributed by atoms with Crippen molar-refractivity contribution in [2.24, 2.45) is 0 Å². The smallest absolute Gasteiger partial charge is 0.321 e. The SMILES string of the molecule is Cc1ncn(-c2ccc(NC(=O)c3cc(C(F)(F)F)[nH]n3)cc2)c1C. The number of alkyl halides is 3. The van der Waals surface area contributed by atoms with Gasteiger partial charge in [0.25, 0.3) is 5.91 Å². The van der Waals surface area contributed by atoms with Gasteiger partial charge in [-0.2, -0.15) is 18.3 Å². The van der Waals surface area contributed by atoms with Crippen LogP contribution in [0.5, 0.6) is 0 Å². The zero-order valence-corrected chi connectivity index (χ0v) is 13.3. The summed E-state index contributed by atoms with van der Waals surface area (Å²) in [6.45, 7) is 3.84. The summed E-state index contributed by atoms with van der Waals surface area (Å²) in [5.41, 5.74) is 1.80. The van der Waals surface area contributed by atoms with Crippen molar-refractivity contribution in [1.29, 1.82) is 0 Å². The lowest BCUT2D eigenvalue weighted by molar-refractivity contribution is -0.141. The summed E-state index contributed by atoms with van der Waals surface area (Å²) in [6, 6.07) is 7.52. The monoisotopic (exact) mass is 349 g/mol. The number of amides is 1. The molecule has 0 fully saturated rings. The molecular formula is C16H14F3N5O. The van der Waals surface area contributed by atoms with Crippen molar-refractivity contribution in [2.75, 3.05) is 5.32 Å². The van der Waals surface area contributed by atoms with Crippen molar-refractivity contribution < 1.29 is 18.0 Å². The minimum absolute atomic E-state index is 0.336. The molecule has 1 aromatic carbocycles. The van der Waals surface area contributed by atoms with Crippen molar-refractivity contribution >= 4 is 11.6 Å². The number of anilines is 1. The molecule has 0 radical (unpaired) electrons. The number of nitrogens with one attached hydrogen (secondary N) is 2. The van der Waals surface area contributed by atoms with Crippen LogP contribution in [0, 0.1) is 13.8 Å². The first kappa shape index (κ1) is 16.7. The second-order valence-corrected chi connectivity index (χ2v) is 5.45. The molecule has 0 aliphatic rings. The summed E-state index contributed by atoms with van der Waals surface area (Å²) in [5.74, 6) is -0.728. The molecule has 0 aliphatic heterocycles. The fourth-order valence-corrected chi connectivity index (χ4v) is 2.24. The van der Waals surface area contributed by atoms with Crippen LogP contribution in [0.4, 0.5) is 18.9 Å². The molecule has 0 saturated heterocycles. The van der Waals surface area contributed by atoms with Gasteiger partial charge in [-0.25, -0.2) is 4.98 Å². The molecule has 0 unspecified atom stereocenters. The number of H-pyrrole nitrogens is 1. The number of nitrogens with zero attached hydrogens (tertiary/aromatic N) is 3. The number of aryl methyl sites for hydroxylation is 1. The van der Waals surface area contributed by atoms with Crippen molar-refractivity contribution in [3.8, 4) is 5.69 Å². The van der Waals surface area contributed by atoms with Gasteiger partial charge < -0.3 is 9.88 Å². The minimum Gasteiger partial charge on any atom is -0.321 e. The molecule has 0 saturated carbocycles. The molecular weight excluding hydrogens is 335 g/mol. The van der Waals surface area contributed by atoms with Gasteiger partial charge in [0.2, 0.25) is 0 Å². The maximum atomic E-state index is 12.5. The highest BCUT2D eigenvalue weighted by atomic mass is 19.4. The van der Waals surface area contributed by atoms with Gasteiger partial charge in [0.1, 0.15) is 5.69 Å². The van der Waals surface area contributed by atoms with Crippen molar-refractivity contribution in [2.45, 2.75) is 20.0 Å². The molecule has 0 spiro atoms. The number of aromatic amines is 1. The highest BCUT2D eigenvalue weighted by Crippen LogP contribution is 2.27. The van der Waals surface area contributed by atoms with E-state index in [1.807, 2.05) is 18.4 Å². The van der Waals surface area contributed by atoms with Crippen LogP contribution in [0.15, 0.2) is 36.7 Å². The van der Waals surface area contributed by atoms with Crippen LogP contribution in [-0.4, -0.2) is 25.7 Å². The Labute approximate surface area is 140 Å². The first-order valence-corrected chi connectivity index (χ1v) is 7.30. The number of imidazole rings is 1. The number of carbonyl (C=O) groups is 1. The lowest BCUT2D eigenvalue weighted by Crippen LogP contribution is -2.12. The molecule has 0 bridgehead atoms. The molecule has 130 valence electrons. The van der Waals surface area contributed by atoms with E-state index >= 15 is 0 Å². The quantitative estimate of drug-likeness (QED) is 0.760. The fourth-order valence-electron chi connectivity index (χ4n) is 2.24. The molecule has 2 heterocycles. The fraction of sp³-hybridized carbons (Fsp3) is 0.188. The van der Waals surface area contributed by atoms with Gasteiger partial charge in [0.15, 0.2) is 5.69 Å². The Balaban J connectivity index is 1.74. The molecule has 0 atom stereocenters. The second kappa shape index (κ2) is 6.08. The molecule has 2 N–H and O–H groups in total. The van der Waals surface area contributed by atoms with Crippen LogP contribution in [0.25, 0.3) is 5.69 Å². The molecule has 1 amide bonds. The number of benzene rings is 1. The van der Waals surface area contributed by atoms with Crippen LogP contribution in [0.3, 0.4) is 0 Å². The number of hydrogen-bond donors (Lipinski definition) is 2. The Morgan fingerprint density at radius 3 is 2.40 bits per heavy atom. The third-order valence-electron chi connectivity index (χ3n) is 3.77. The molecule has 3 rings (SSSR count). The van der Waals surface area contributed by atoms with E-state index in [2.05, 4.69) is 15.4 Å². The van der Waals surface area contributed by atoms with Gasteiger partial charge in [-0.15, -0.1) is 0 Å². The van der Waals surface area contributed by atoms with E-state index in [4.69, 9.17) is 0 Å². The third kappa shape index (κ3) is 3.39. The topological polar surface area (TPSA) is 75.6 Å². The van der Waals surface area contributed by atoms with Crippen molar-refractivity contribution in [3.63, 3.8) is 0 Å². The van der Waals surface area contributed by atoms with E-state index in [1.54, 1.807) is 35.7 Å². The third-order valence-corrected chi connectivity index (χ3v) is 3.77. The van der Waals surface area contributed by atoms with Crippen LogP contribution < -0.4 is 5.32 Å². The largest absolute Gasteiger partial charge is 0.432 e. The number of halogens is 3. The van der Waals surface area contributed by atoms with Crippen LogP contribution in [0.1, 0.15) is 27.6 Å². The summed E-state index contributed by atoms with van der Waals surface area (Å²) in [6.07, 6.45) is -2.88. The Bertz CT molecular complexity index is 909. The molecule has 9 heteroatoms. The lowest BCUT2D eigenvalue weighted by atomic mass is 10.2. The van der Waals surface area contributed by atoms with Crippen LogP contribution >= 0.6 is 0 Å². The Kier molecular flexibility index (Phi) is 4.07. The van der Waals surface area contributed by atoms with Crippen LogP contribution in [-0.2, 0) is 6.18 Å². The van der Waals surface area contributed by atoms with Gasteiger partial charge in [-0.1, -0.05) is 0 Å². The predicted molar refractivity (Wildman–Crippen MR) is 84.6 cm³/mol. The molecule has 2 aromatic heterocycles. The van der Waals surface area contributed by atoms with Crippen molar-refractivity contribution in [3.05, 3.63) is 59.4 Å². The Morgan fingerprint density at radius 2 is 1.88 bits per heavy atom. The highest BCUT2D eigenvalue weighted by Gasteiger charge is 2.33. The second-order valence-electron chi connectivity index (χ2n) is 5.45. The highest BCUT2D eigenvalue weighted by molar-refractivity contribution is 6.02. The van der Waals surface area contributed by atoms with Gasteiger partial charge in [-0.3, -0.25) is 9.89 Å². The maximum Gasteiger partial charge on any atom is 0.432 e. The number of carbonyl (C=O) groups excluding carboxylic acids is 1. The van der Waals surface area contributed by atoms with E-state index in [9.17, 15) is 18.0 Å². The van der Waals surface area contributed by atoms with E-state index in [0.29, 0.717) is 11.8 Å². The summed E-state index contributed by atoms with van der Waals surface area (Å²) >= 11 is 0. The molecule has 0 aliphatic carbocycles. The van der Waals surface area contributed by atoms with Crippen molar-refractivity contribution in [1.82, 2.24) is 19.7 Å². The zero-order valence-electron chi connectivity index (χ0n) is 13.3. The van der Waals surface area contributed by atoms with Gasteiger partial charge in [0.05, 0.1) is 12.0 Å². The first-order chi connectivity index (χ1) is 11.8. The normalized spacial score (nSPS) is 11.6. The summed E-state index contributed by atoms with van der Waals surface area (Å²) < 4.78 is 39.5. The molecule has 3 aromatic rings. The van der Waals surface area contributed by atoms with E-state index in [1.165, 1.54) is 0 Å².